The van der Waals surface area contributed by atoms with Crippen LogP contribution in [0, 0.1) is 11.2 Å². The lowest BCUT2D eigenvalue weighted by molar-refractivity contribution is 0.167. The number of ether oxygens (including phenoxy) is 1. The standard InChI is InChI=1S/C16H20ClFN2O/c1-11(17)15-19-13-4-3-12(18)9-14(13)20(15)10-16(5-6-16)7-8-21-2/h3-4,9,11H,5-8,10H2,1-2H3. The van der Waals surface area contributed by atoms with Crippen LogP contribution in [-0.2, 0) is 11.3 Å². The molecule has 0 N–H and O–H groups in total. The number of methoxy groups -OCH3 is 1. The van der Waals surface area contributed by atoms with Gasteiger partial charge in [-0.05, 0) is 49.8 Å². The van der Waals surface area contributed by atoms with Gasteiger partial charge in [-0.15, -0.1) is 11.6 Å². The lowest BCUT2D eigenvalue weighted by Crippen LogP contribution is -2.16. The van der Waals surface area contributed by atoms with Crippen LogP contribution < -0.4 is 0 Å². The summed E-state index contributed by atoms with van der Waals surface area (Å²) in [6.07, 6.45) is 3.39. The molecule has 2 aromatic rings. The van der Waals surface area contributed by atoms with E-state index in [1.807, 2.05) is 6.92 Å². The molecule has 5 heteroatoms. The molecule has 1 heterocycles. The molecular formula is C16H20ClFN2O. The van der Waals surface area contributed by atoms with Gasteiger partial charge in [0, 0.05) is 20.3 Å². The van der Waals surface area contributed by atoms with E-state index in [4.69, 9.17) is 16.3 Å². The van der Waals surface area contributed by atoms with E-state index in [9.17, 15) is 4.39 Å². The molecule has 0 spiro atoms. The molecular weight excluding hydrogens is 291 g/mol. The van der Waals surface area contributed by atoms with Crippen LogP contribution in [0.3, 0.4) is 0 Å². The van der Waals surface area contributed by atoms with Gasteiger partial charge in [0.05, 0.1) is 16.4 Å². The number of benzene rings is 1. The molecule has 1 atom stereocenters. The Morgan fingerprint density at radius 2 is 2.24 bits per heavy atom. The maximum atomic E-state index is 13.6. The number of imidazole rings is 1. The van der Waals surface area contributed by atoms with Gasteiger partial charge in [-0.2, -0.15) is 0 Å². The molecule has 3 nitrogen and oxygen atoms in total. The number of halogens is 2. The number of hydrogen-bond acceptors (Lipinski definition) is 2. The molecule has 1 fully saturated rings. The fourth-order valence-electron chi connectivity index (χ4n) is 2.90. The first-order valence-electron chi connectivity index (χ1n) is 7.33. The van der Waals surface area contributed by atoms with Crippen molar-refractivity contribution < 1.29 is 9.13 Å². The minimum absolute atomic E-state index is 0.196. The first-order chi connectivity index (χ1) is 10.0. The zero-order valence-electron chi connectivity index (χ0n) is 12.4. The summed E-state index contributed by atoms with van der Waals surface area (Å²) in [5.41, 5.74) is 1.90. The fraction of sp³-hybridized carbons (Fsp3) is 0.562. The zero-order chi connectivity index (χ0) is 15.0. The predicted octanol–water partition coefficient (Wildman–Crippen LogP) is 4.29. The highest BCUT2D eigenvalue weighted by atomic mass is 35.5. The maximum Gasteiger partial charge on any atom is 0.127 e. The van der Waals surface area contributed by atoms with Crippen LogP contribution in [0.15, 0.2) is 18.2 Å². The first-order valence-corrected chi connectivity index (χ1v) is 7.77. The van der Waals surface area contributed by atoms with E-state index < -0.39 is 0 Å². The van der Waals surface area contributed by atoms with Crippen molar-refractivity contribution in [3.63, 3.8) is 0 Å². The Labute approximate surface area is 129 Å². The largest absolute Gasteiger partial charge is 0.385 e. The Balaban J connectivity index is 1.99. The molecule has 0 aliphatic heterocycles. The molecule has 0 radical (unpaired) electrons. The van der Waals surface area contributed by atoms with Crippen molar-refractivity contribution in [2.75, 3.05) is 13.7 Å². The van der Waals surface area contributed by atoms with Gasteiger partial charge in [-0.1, -0.05) is 0 Å². The number of aromatic nitrogens is 2. The monoisotopic (exact) mass is 310 g/mol. The van der Waals surface area contributed by atoms with E-state index in [-0.39, 0.29) is 16.6 Å². The van der Waals surface area contributed by atoms with Crippen LogP contribution in [0.5, 0.6) is 0 Å². The van der Waals surface area contributed by atoms with Gasteiger partial charge in [0.15, 0.2) is 0 Å². The summed E-state index contributed by atoms with van der Waals surface area (Å²) in [6.45, 7) is 3.50. The van der Waals surface area contributed by atoms with Gasteiger partial charge in [0.25, 0.3) is 0 Å². The summed E-state index contributed by atoms with van der Waals surface area (Å²) in [4.78, 5) is 4.58. The second-order valence-electron chi connectivity index (χ2n) is 6.05. The maximum absolute atomic E-state index is 13.6. The van der Waals surface area contributed by atoms with Crippen molar-refractivity contribution in [3.05, 3.63) is 29.8 Å². The summed E-state index contributed by atoms with van der Waals surface area (Å²) in [6, 6.07) is 4.72. The lowest BCUT2D eigenvalue weighted by Gasteiger charge is -2.18. The Morgan fingerprint density at radius 1 is 1.48 bits per heavy atom. The fourth-order valence-corrected chi connectivity index (χ4v) is 3.07. The van der Waals surface area contributed by atoms with E-state index in [2.05, 4.69) is 9.55 Å². The number of fused-ring (bicyclic) bond motifs is 1. The third-order valence-corrected chi connectivity index (χ3v) is 4.58. The third-order valence-electron chi connectivity index (χ3n) is 4.38. The van der Waals surface area contributed by atoms with Gasteiger partial charge in [-0.25, -0.2) is 9.37 Å². The van der Waals surface area contributed by atoms with Crippen LogP contribution in [0.4, 0.5) is 4.39 Å². The van der Waals surface area contributed by atoms with Gasteiger partial charge in [-0.3, -0.25) is 0 Å². The molecule has 1 aliphatic carbocycles. The Morgan fingerprint density at radius 3 is 2.86 bits per heavy atom. The lowest BCUT2D eigenvalue weighted by atomic mass is 10.0. The molecule has 1 aliphatic rings. The van der Waals surface area contributed by atoms with Gasteiger partial charge in [0.1, 0.15) is 11.6 Å². The van der Waals surface area contributed by atoms with Crippen molar-refractivity contribution in [1.29, 1.82) is 0 Å². The summed E-state index contributed by atoms with van der Waals surface area (Å²) in [5, 5.41) is -0.196. The highest BCUT2D eigenvalue weighted by molar-refractivity contribution is 6.20. The zero-order valence-corrected chi connectivity index (χ0v) is 13.2. The molecule has 3 rings (SSSR count). The first kappa shape index (κ1) is 14.8. The van der Waals surface area contributed by atoms with Gasteiger partial charge in [0.2, 0.25) is 0 Å². The number of rotatable bonds is 6. The molecule has 1 unspecified atom stereocenters. The minimum atomic E-state index is -0.237. The van der Waals surface area contributed by atoms with Crippen molar-refractivity contribution in [2.45, 2.75) is 38.1 Å². The van der Waals surface area contributed by atoms with E-state index in [1.165, 1.54) is 18.9 Å². The highest BCUT2D eigenvalue weighted by Gasteiger charge is 2.43. The molecule has 0 bridgehead atoms. The Hall–Kier alpha value is -1.13. The summed E-state index contributed by atoms with van der Waals surface area (Å²) in [5.74, 6) is 0.583. The normalized spacial score (nSPS) is 18.1. The van der Waals surface area contributed by atoms with E-state index in [0.29, 0.717) is 0 Å². The van der Waals surface area contributed by atoms with E-state index >= 15 is 0 Å². The van der Waals surface area contributed by atoms with E-state index in [0.717, 1.165) is 36.4 Å². The van der Waals surface area contributed by atoms with Crippen LogP contribution in [0.1, 0.15) is 37.4 Å². The van der Waals surface area contributed by atoms with Crippen LogP contribution in [0.2, 0.25) is 0 Å². The predicted molar refractivity (Wildman–Crippen MR) is 82.1 cm³/mol. The van der Waals surface area contributed by atoms with E-state index in [1.54, 1.807) is 19.2 Å². The van der Waals surface area contributed by atoms with Crippen LogP contribution in [0.25, 0.3) is 11.0 Å². The molecule has 0 saturated heterocycles. The molecule has 114 valence electrons. The topological polar surface area (TPSA) is 27.1 Å². The van der Waals surface area contributed by atoms with Crippen LogP contribution >= 0.6 is 11.6 Å². The van der Waals surface area contributed by atoms with Crippen molar-refractivity contribution >= 4 is 22.6 Å². The number of alkyl halides is 1. The average Bonchev–Trinajstić information content (AvgIpc) is 3.13. The summed E-state index contributed by atoms with van der Waals surface area (Å²) in [7, 11) is 1.73. The average molecular weight is 311 g/mol. The summed E-state index contributed by atoms with van der Waals surface area (Å²) >= 11 is 6.27. The molecule has 1 aromatic heterocycles. The van der Waals surface area contributed by atoms with Crippen molar-refractivity contribution in [1.82, 2.24) is 9.55 Å². The second-order valence-corrected chi connectivity index (χ2v) is 6.70. The highest BCUT2D eigenvalue weighted by Crippen LogP contribution is 2.51. The van der Waals surface area contributed by atoms with Crippen molar-refractivity contribution in [2.24, 2.45) is 5.41 Å². The minimum Gasteiger partial charge on any atom is -0.385 e. The third kappa shape index (κ3) is 2.92. The Kier molecular flexibility index (Phi) is 3.93. The molecule has 1 aromatic carbocycles. The SMILES string of the molecule is COCCC1(Cn2c(C(C)Cl)nc3ccc(F)cc32)CC1. The van der Waals surface area contributed by atoms with Gasteiger partial charge >= 0.3 is 0 Å². The van der Waals surface area contributed by atoms with Crippen LogP contribution in [-0.4, -0.2) is 23.3 Å². The van der Waals surface area contributed by atoms with Gasteiger partial charge < -0.3 is 9.30 Å². The number of nitrogens with zero attached hydrogens (tertiary/aromatic N) is 2. The smallest absolute Gasteiger partial charge is 0.127 e. The number of hydrogen-bond donors (Lipinski definition) is 0. The quantitative estimate of drug-likeness (QED) is 0.744. The molecule has 0 amide bonds. The molecule has 21 heavy (non-hydrogen) atoms. The Bertz CT molecular complexity index is 649. The summed E-state index contributed by atoms with van der Waals surface area (Å²) < 4.78 is 20.9. The second kappa shape index (κ2) is 5.58. The van der Waals surface area contributed by atoms with Crippen molar-refractivity contribution in [3.8, 4) is 0 Å². The molecule has 1 saturated carbocycles.